The molecular formula is C13H25NO. The molecular weight excluding hydrogens is 186 g/mol. The minimum Gasteiger partial charge on any atom is -0.377 e. The van der Waals surface area contributed by atoms with Gasteiger partial charge in [0.2, 0.25) is 0 Å². The average Bonchev–Trinajstić information content (AvgIpc) is 2.88. The van der Waals surface area contributed by atoms with E-state index in [-0.39, 0.29) is 0 Å². The maximum Gasteiger partial charge on any atom is 0.0700 e. The quantitative estimate of drug-likeness (QED) is 0.682. The Hall–Kier alpha value is -0.0800. The van der Waals surface area contributed by atoms with Gasteiger partial charge in [-0.15, -0.1) is 0 Å². The third kappa shape index (κ3) is 4.12. The summed E-state index contributed by atoms with van der Waals surface area (Å²) in [5.41, 5.74) is 0. The first-order valence-electron chi connectivity index (χ1n) is 6.77. The van der Waals surface area contributed by atoms with E-state index in [2.05, 4.69) is 5.32 Å². The van der Waals surface area contributed by atoms with Crippen LogP contribution in [-0.2, 0) is 4.74 Å². The summed E-state index contributed by atoms with van der Waals surface area (Å²) in [5, 5.41) is 3.53. The predicted octanol–water partition coefficient (Wildman–Crippen LogP) is 2.73. The second-order valence-corrected chi connectivity index (χ2v) is 5.13. The van der Waals surface area contributed by atoms with Crippen LogP contribution in [0, 0.1) is 5.92 Å². The predicted molar refractivity (Wildman–Crippen MR) is 63.0 cm³/mol. The van der Waals surface area contributed by atoms with Gasteiger partial charge < -0.3 is 10.1 Å². The van der Waals surface area contributed by atoms with E-state index in [4.69, 9.17) is 4.74 Å². The van der Waals surface area contributed by atoms with Crippen LogP contribution in [0.2, 0.25) is 0 Å². The Kier molecular flexibility index (Phi) is 4.94. The minimum atomic E-state index is 0.511. The maximum atomic E-state index is 5.57. The van der Waals surface area contributed by atoms with Crippen LogP contribution in [0.1, 0.15) is 51.4 Å². The topological polar surface area (TPSA) is 21.3 Å². The highest BCUT2D eigenvalue weighted by molar-refractivity contribution is 4.69. The van der Waals surface area contributed by atoms with Crippen LogP contribution in [0.3, 0.4) is 0 Å². The molecule has 1 saturated carbocycles. The molecule has 0 bridgehead atoms. The third-order valence-corrected chi connectivity index (χ3v) is 3.84. The molecule has 2 fully saturated rings. The lowest BCUT2D eigenvalue weighted by molar-refractivity contribution is 0.110. The van der Waals surface area contributed by atoms with Crippen LogP contribution in [0.25, 0.3) is 0 Å². The molecule has 0 aromatic heterocycles. The van der Waals surface area contributed by atoms with Gasteiger partial charge in [0.25, 0.3) is 0 Å². The second kappa shape index (κ2) is 6.49. The Labute approximate surface area is 93.8 Å². The molecule has 0 spiro atoms. The van der Waals surface area contributed by atoms with E-state index in [0.29, 0.717) is 6.10 Å². The summed E-state index contributed by atoms with van der Waals surface area (Å²) >= 11 is 0. The molecule has 1 heterocycles. The average molecular weight is 211 g/mol. The van der Waals surface area contributed by atoms with E-state index < -0.39 is 0 Å². The summed E-state index contributed by atoms with van der Waals surface area (Å²) in [5.74, 6) is 1.05. The first-order valence-corrected chi connectivity index (χ1v) is 6.77. The Bertz CT molecular complexity index is 142. The van der Waals surface area contributed by atoms with E-state index >= 15 is 0 Å². The first-order chi connectivity index (χ1) is 7.45. The van der Waals surface area contributed by atoms with Crippen LogP contribution >= 0.6 is 0 Å². The van der Waals surface area contributed by atoms with Crippen molar-refractivity contribution in [2.45, 2.75) is 57.5 Å². The van der Waals surface area contributed by atoms with Gasteiger partial charge >= 0.3 is 0 Å². The zero-order chi connectivity index (χ0) is 10.3. The lowest BCUT2D eigenvalue weighted by atomic mass is 10.0. The van der Waals surface area contributed by atoms with Gasteiger partial charge in [-0.25, -0.2) is 0 Å². The van der Waals surface area contributed by atoms with Crippen LogP contribution in [0.4, 0.5) is 0 Å². The standard InChI is InChI=1S/C13H25NO/c1-2-6-12(5-1)7-3-9-14-11-13-8-4-10-15-13/h12-14H,1-11H2. The van der Waals surface area contributed by atoms with E-state index in [0.717, 1.165) is 19.1 Å². The van der Waals surface area contributed by atoms with E-state index in [1.165, 1.54) is 57.9 Å². The number of ether oxygens (including phenoxy) is 1. The molecule has 2 heteroatoms. The molecule has 15 heavy (non-hydrogen) atoms. The van der Waals surface area contributed by atoms with Crippen molar-refractivity contribution in [3.05, 3.63) is 0 Å². The normalized spacial score (nSPS) is 27.6. The van der Waals surface area contributed by atoms with E-state index in [1.807, 2.05) is 0 Å². The van der Waals surface area contributed by atoms with Crippen molar-refractivity contribution in [2.24, 2.45) is 5.92 Å². The van der Waals surface area contributed by atoms with Gasteiger partial charge in [-0.1, -0.05) is 25.7 Å². The van der Waals surface area contributed by atoms with Crippen molar-refractivity contribution < 1.29 is 4.74 Å². The van der Waals surface area contributed by atoms with Gasteiger partial charge in [-0.3, -0.25) is 0 Å². The van der Waals surface area contributed by atoms with Gasteiger partial charge in [0.1, 0.15) is 0 Å². The number of nitrogens with one attached hydrogen (secondary N) is 1. The highest BCUT2D eigenvalue weighted by Gasteiger charge is 2.15. The summed E-state index contributed by atoms with van der Waals surface area (Å²) in [7, 11) is 0. The Balaban J connectivity index is 1.41. The van der Waals surface area contributed by atoms with Crippen molar-refractivity contribution in [2.75, 3.05) is 19.7 Å². The molecule has 1 aliphatic carbocycles. The maximum absolute atomic E-state index is 5.57. The second-order valence-electron chi connectivity index (χ2n) is 5.13. The molecule has 1 saturated heterocycles. The number of rotatable bonds is 6. The number of hydrogen-bond acceptors (Lipinski definition) is 2. The highest BCUT2D eigenvalue weighted by Crippen LogP contribution is 2.28. The molecule has 88 valence electrons. The fourth-order valence-corrected chi connectivity index (χ4v) is 2.88. The molecule has 2 aliphatic rings. The van der Waals surface area contributed by atoms with E-state index in [1.54, 1.807) is 0 Å². The summed E-state index contributed by atoms with van der Waals surface area (Å²) in [6.45, 7) is 3.25. The van der Waals surface area contributed by atoms with Crippen LogP contribution in [0.5, 0.6) is 0 Å². The lowest BCUT2D eigenvalue weighted by Crippen LogP contribution is -2.27. The fourth-order valence-electron chi connectivity index (χ4n) is 2.88. The molecule has 0 aromatic rings. The molecule has 0 aromatic carbocycles. The number of hydrogen-bond donors (Lipinski definition) is 1. The molecule has 1 N–H and O–H groups in total. The van der Waals surface area contributed by atoms with Crippen molar-refractivity contribution in [3.8, 4) is 0 Å². The largest absolute Gasteiger partial charge is 0.377 e. The van der Waals surface area contributed by atoms with Gasteiger partial charge in [-0.05, 0) is 38.1 Å². The molecule has 2 nitrogen and oxygen atoms in total. The van der Waals surface area contributed by atoms with Crippen molar-refractivity contribution in [1.82, 2.24) is 5.32 Å². The monoisotopic (exact) mass is 211 g/mol. The Morgan fingerprint density at radius 1 is 1.07 bits per heavy atom. The fraction of sp³-hybridized carbons (Fsp3) is 1.00. The zero-order valence-electron chi connectivity index (χ0n) is 9.84. The van der Waals surface area contributed by atoms with Crippen molar-refractivity contribution in [1.29, 1.82) is 0 Å². The molecule has 1 unspecified atom stereocenters. The van der Waals surface area contributed by atoms with E-state index in [9.17, 15) is 0 Å². The van der Waals surface area contributed by atoms with Crippen LogP contribution in [-0.4, -0.2) is 25.8 Å². The Morgan fingerprint density at radius 2 is 1.93 bits per heavy atom. The van der Waals surface area contributed by atoms with Gasteiger partial charge in [0, 0.05) is 13.2 Å². The molecule has 0 amide bonds. The smallest absolute Gasteiger partial charge is 0.0700 e. The van der Waals surface area contributed by atoms with Gasteiger partial charge in [-0.2, -0.15) is 0 Å². The minimum absolute atomic E-state index is 0.511. The SMILES string of the molecule is C1CCC(CCCNCC2CCCO2)C1. The molecule has 0 radical (unpaired) electrons. The summed E-state index contributed by atoms with van der Waals surface area (Å²) in [6, 6.07) is 0. The van der Waals surface area contributed by atoms with Crippen LogP contribution < -0.4 is 5.32 Å². The van der Waals surface area contributed by atoms with Crippen molar-refractivity contribution in [3.63, 3.8) is 0 Å². The van der Waals surface area contributed by atoms with Crippen molar-refractivity contribution >= 4 is 0 Å². The zero-order valence-corrected chi connectivity index (χ0v) is 9.84. The summed E-state index contributed by atoms with van der Waals surface area (Å²) in [4.78, 5) is 0. The Morgan fingerprint density at radius 3 is 2.67 bits per heavy atom. The third-order valence-electron chi connectivity index (χ3n) is 3.84. The first kappa shape index (κ1) is 11.4. The van der Waals surface area contributed by atoms with Gasteiger partial charge in [0.15, 0.2) is 0 Å². The molecule has 1 atom stereocenters. The van der Waals surface area contributed by atoms with Crippen LogP contribution in [0.15, 0.2) is 0 Å². The summed E-state index contributed by atoms with van der Waals surface area (Å²) in [6.07, 6.45) is 11.8. The lowest BCUT2D eigenvalue weighted by Gasteiger charge is -2.12. The van der Waals surface area contributed by atoms with Gasteiger partial charge in [0.05, 0.1) is 6.10 Å². The highest BCUT2D eigenvalue weighted by atomic mass is 16.5. The summed E-state index contributed by atoms with van der Waals surface area (Å²) < 4.78 is 5.57. The molecule has 2 rings (SSSR count). The molecule has 1 aliphatic heterocycles.